The first kappa shape index (κ1) is 21.4. The van der Waals surface area contributed by atoms with E-state index in [4.69, 9.17) is 9.47 Å². The summed E-state index contributed by atoms with van der Waals surface area (Å²) in [6.45, 7) is 10.00. The van der Waals surface area contributed by atoms with E-state index in [-0.39, 0.29) is 12.0 Å². The fraction of sp³-hybridized carbons (Fsp3) is 0.280. The van der Waals surface area contributed by atoms with Crippen molar-refractivity contribution in [2.45, 2.75) is 46.6 Å². The van der Waals surface area contributed by atoms with E-state index >= 15 is 0 Å². The molecule has 0 atom stereocenters. The first-order valence-electron chi connectivity index (χ1n) is 10.2. The first-order chi connectivity index (χ1) is 14.3. The number of pyridine rings is 1. The number of amides is 1. The van der Waals surface area contributed by atoms with Gasteiger partial charge in [-0.1, -0.05) is 13.8 Å². The lowest BCUT2D eigenvalue weighted by molar-refractivity contribution is 0.102. The van der Waals surface area contributed by atoms with Gasteiger partial charge in [0.15, 0.2) is 0 Å². The van der Waals surface area contributed by atoms with Gasteiger partial charge >= 0.3 is 0 Å². The van der Waals surface area contributed by atoms with Gasteiger partial charge in [0.2, 0.25) is 0 Å². The van der Waals surface area contributed by atoms with Crippen LogP contribution < -0.4 is 14.8 Å². The number of hydrogen-bond donors (Lipinski definition) is 1. The molecule has 1 N–H and O–H groups in total. The number of nitrogens with zero attached hydrogens (tertiary/aromatic N) is 1. The Labute approximate surface area is 178 Å². The lowest BCUT2D eigenvalue weighted by atomic mass is 10.1. The number of rotatable bonds is 7. The zero-order valence-corrected chi connectivity index (χ0v) is 18.1. The third kappa shape index (κ3) is 5.60. The molecular weight excluding hydrogens is 376 g/mol. The average molecular weight is 405 g/mol. The summed E-state index contributed by atoms with van der Waals surface area (Å²) in [5.41, 5.74) is 2.97. The zero-order chi connectivity index (χ0) is 21.7. The molecule has 1 heterocycles. The largest absolute Gasteiger partial charge is 0.491 e. The van der Waals surface area contributed by atoms with Crippen LogP contribution in [0.15, 0.2) is 60.7 Å². The van der Waals surface area contributed by atoms with Crippen LogP contribution in [0, 0.1) is 6.92 Å². The van der Waals surface area contributed by atoms with E-state index in [1.54, 1.807) is 0 Å². The van der Waals surface area contributed by atoms with E-state index in [0.717, 1.165) is 22.9 Å². The van der Waals surface area contributed by atoms with Crippen LogP contribution in [-0.2, 0) is 0 Å². The van der Waals surface area contributed by atoms with Gasteiger partial charge in [-0.3, -0.25) is 9.78 Å². The molecule has 0 spiro atoms. The normalized spacial score (nSPS) is 10.9. The molecular formula is C25H28N2O3. The van der Waals surface area contributed by atoms with Gasteiger partial charge in [-0.05, 0) is 87.4 Å². The maximum atomic E-state index is 12.6. The summed E-state index contributed by atoms with van der Waals surface area (Å²) >= 11 is 0. The van der Waals surface area contributed by atoms with E-state index in [1.807, 2.05) is 81.4 Å². The molecule has 0 aliphatic rings. The number of aryl methyl sites for hydroxylation is 1. The fourth-order valence-electron chi connectivity index (χ4n) is 2.94. The number of aromatic nitrogens is 1. The van der Waals surface area contributed by atoms with Crippen LogP contribution in [0.3, 0.4) is 0 Å². The van der Waals surface area contributed by atoms with Crippen LogP contribution in [0.1, 0.15) is 55.4 Å². The monoisotopic (exact) mass is 404 g/mol. The third-order valence-electron chi connectivity index (χ3n) is 4.49. The summed E-state index contributed by atoms with van der Waals surface area (Å²) in [5.74, 6) is 2.36. The number of carbonyl (C=O) groups is 1. The second-order valence-corrected chi connectivity index (χ2v) is 7.74. The Morgan fingerprint density at radius 2 is 1.40 bits per heavy atom. The molecule has 0 saturated heterocycles. The van der Waals surface area contributed by atoms with Crippen molar-refractivity contribution in [2.75, 3.05) is 5.32 Å². The molecule has 0 fully saturated rings. The SMILES string of the molecule is Cc1nc(C(C)C)ccc1C(=O)Nc1ccc(Oc2ccc(OC(C)C)cc2)cc1. The van der Waals surface area contributed by atoms with Crippen LogP contribution in [0.25, 0.3) is 0 Å². The Balaban J connectivity index is 1.62. The Morgan fingerprint density at radius 1 is 0.833 bits per heavy atom. The zero-order valence-electron chi connectivity index (χ0n) is 18.1. The van der Waals surface area contributed by atoms with Crippen molar-refractivity contribution in [3.8, 4) is 17.2 Å². The van der Waals surface area contributed by atoms with Crippen molar-refractivity contribution in [1.29, 1.82) is 0 Å². The molecule has 0 aliphatic carbocycles. The van der Waals surface area contributed by atoms with Crippen LogP contribution >= 0.6 is 0 Å². The summed E-state index contributed by atoms with van der Waals surface area (Å²) in [7, 11) is 0. The van der Waals surface area contributed by atoms with Gasteiger partial charge in [-0.2, -0.15) is 0 Å². The first-order valence-corrected chi connectivity index (χ1v) is 10.2. The summed E-state index contributed by atoms with van der Waals surface area (Å²) in [4.78, 5) is 17.1. The quantitative estimate of drug-likeness (QED) is 0.499. The maximum Gasteiger partial charge on any atom is 0.257 e. The van der Waals surface area contributed by atoms with Crippen molar-refractivity contribution < 1.29 is 14.3 Å². The molecule has 0 saturated carbocycles. The van der Waals surface area contributed by atoms with Gasteiger partial charge in [-0.25, -0.2) is 0 Å². The van der Waals surface area contributed by atoms with E-state index < -0.39 is 0 Å². The highest BCUT2D eigenvalue weighted by Crippen LogP contribution is 2.26. The Morgan fingerprint density at radius 3 is 1.93 bits per heavy atom. The standard InChI is InChI=1S/C25H28N2O3/c1-16(2)24-15-14-23(18(5)26-24)25(28)27-19-6-8-21(9-7-19)30-22-12-10-20(11-13-22)29-17(3)4/h6-17H,1-5H3,(H,27,28). The van der Waals surface area contributed by atoms with E-state index in [2.05, 4.69) is 24.1 Å². The van der Waals surface area contributed by atoms with Gasteiger partial charge in [0.1, 0.15) is 17.2 Å². The molecule has 3 rings (SSSR count). The topological polar surface area (TPSA) is 60.5 Å². The highest BCUT2D eigenvalue weighted by atomic mass is 16.5. The molecule has 0 radical (unpaired) electrons. The van der Waals surface area contributed by atoms with Gasteiger partial charge in [-0.15, -0.1) is 0 Å². The number of anilines is 1. The summed E-state index contributed by atoms with van der Waals surface area (Å²) < 4.78 is 11.5. The maximum absolute atomic E-state index is 12.6. The molecule has 156 valence electrons. The van der Waals surface area contributed by atoms with Crippen molar-refractivity contribution in [1.82, 2.24) is 4.98 Å². The number of hydrogen-bond acceptors (Lipinski definition) is 4. The molecule has 0 unspecified atom stereocenters. The van der Waals surface area contributed by atoms with Crippen molar-refractivity contribution in [3.63, 3.8) is 0 Å². The molecule has 5 nitrogen and oxygen atoms in total. The molecule has 30 heavy (non-hydrogen) atoms. The van der Waals surface area contributed by atoms with Crippen molar-refractivity contribution in [3.05, 3.63) is 77.6 Å². The molecule has 0 bridgehead atoms. The smallest absolute Gasteiger partial charge is 0.257 e. The van der Waals surface area contributed by atoms with Gasteiger partial charge < -0.3 is 14.8 Å². The summed E-state index contributed by atoms with van der Waals surface area (Å²) in [5, 5.41) is 2.91. The molecule has 5 heteroatoms. The van der Waals surface area contributed by atoms with Crippen molar-refractivity contribution in [2.24, 2.45) is 0 Å². The van der Waals surface area contributed by atoms with E-state index in [9.17, 15) is 4.79 Å². The van der Waals surface area contributed by atoms with E-state index in [0.29, 0.717) is 22.9 Å². The Kier molecular flexibility index (Phi) is 6.72. The third-order valence-corrected chi connectivity index (χ3v) is 4.49. The van der Waals surface area contributed by atoms with Crippen LogP contribution in [0.2, 0.25) is 0 Å². The van der Waals surface area contributed by atoms with Crippen LogP contribution in [-0.4, -0.2) is 17.0 Å². The minimum Gasteiger partial charge on any atom is -0.491 e. The van der Waals surface area contributed by atoms with Crippen LogP contribution in [0.5, 0.6) is 17.2 Å². The predicted molar refractivity (Wildman–Crippen MR) is 120 cm³/mol. The lowest BCUT2D eigenvalue weighted by Crippen LogP contribution is -2.14. The van der Waals surface area contributed by atoms with Crippen LogP contribution in [0.4, 0.5) is 5.69 Å². The average Bonchev–Trinajstić information content (AvgIpc) is 2.70. The highest BCUT2D eigenvalue weighted by Gasteiger charge is 2.12. The molecule has 1 aromatic heterocycles. The van der Waals surface area contributed by atoms with Gasteiger partial charge in [0, 0.05) is 11.4 Å². The second-order valence-electron chi connectivity index (χ2n) is 7.74. The Bertz CT molecular complexity index is 994. The number of benzene rings is 2. The number of ether oxygens (including phenoxy) is 2. The molecule has 3 aromatic rings. The summed E-state index contributed by atoms with van der Waals surface area (Å²) in [6.07, 6.45) is 0.132. The van der Waals surface area contributed by atoms with Gasteiger partial charge in [0.25, 0.3) is 5.91 Å². The summed E-state index contributed by atoms with van der Waals surface area (Å²) in [6, 6.07) is 18.5. The minimum absolute atomic E-state index is 0.132. The lowest BCUT2D eigenvalue weighted by Gasteiger charge is -2.12. The minimum atomic E-state index is -0.176. The van der Waals surface area contributed by atoms with E-state index in [1.165, 1.54) is 0 Å². The number of carbonyl (C=O) groups excluding carboxylic acids is 1. The predicted octanol–water partition coefficient (Wildman–Crippen LogP) is 6.35. The van der Waals surface area contributed by atoms with Crippen molar-refractivity contribution >= 4 is 11.6 Å². The molecule has 2 aromatic carbocycles. The second kappa shape index (κ2) is 9.44. The highest BCUT2D eigenvalue weighted by molar-refractivity contribution is 6.05. The molecule has 0 aliphatic heterocycles. The number of nitrogens with one attached hydrogen (secondary N) is 1. The van der Waals surface area contributed by atoms with Gasteiger partial charge in [0.05, 0.1) is 17.4 Å². The fourth-order valence-corrected chi connectivity index (χ4v) is 2.94. The molecule has 1 amide bonds. The Hall–Kier alpha value is -3.34.